The Kier molecular flexibility index (Phi) is 13.5. The molecule has 308 valence electrons. The van der Waals surface area contributed by atoms with Crippen LogP contribution in [0, 0.1) is 6.92 Å². The molecule has 9 nitrogen and oxygen atoms in total. The van der Waals surface area contributed by atoms with Gasteiger partial charge >= 0.3 is 0 Å². The number of fused-ring (bicyclic) bond motifs is 2. The normalized spacial score (nSPS) is 18.6. The number of anilines is 1. The highest BCUT2D eigenvalue weighted by atomic mass is 32.2. The fraction of sp³-hybridized carbons (Fsp3) is 0.417. The Labute approximate surface area is 345 Å². The highest BCUT2D eigenvalue weighted by molar-refractivity contribution is 7.85. The number of rotatable bonds is 18. The van der Waals surface area contributed by atoms with E-state index < -0.39 is 10.1 Å². The second-order valence-corrected chi connectivity index (χ2v) is 18.1. The van der Waals surface area contributed by atoms with Crippen LogP contribution in [0.25, 0.3) is 0 Å². The minimum atomic E-state index is -4.03. The lowest BCUT2D eigenvalue weighted by atomic mass is 9.81. The van der Waals surface area contributed by atoms with Crippen molar-refractivity contribution in [1.82, 2.24) is 0 Å². The van der Waals surface area contributed by atoms with E-state index in [1.807, 2.05) is 24.3 Å². The second-order valence-electron chi connectivity index (χ2n) is 16.5. The maximum Gasteiger partial charge on any atom is 0.293 e. The van der Waals surface area contributed by atoms with Gasteiger partial charge in [0.15, 0.2) is 17.2 Å². The van der Waals surface area contributed by atoms with Crippen LogP contribution in [0.2, 0.25) is 0 Å². The number of allylic oxidation sites excluding steroid dienone is 6. The van der Waals surface area contributed by atoms with Gasteiger partial charge in [0.05, 0.1) is 24.4 Å². The molecule has 3 heterocycles. The molecule has 0 aliphatic carbocycles. The molecule has 0 atom stereocenters. The van der Waals surface area contributed by atoms with Crippen LogP contribution in [0.1, 0.15) is 95.4 Å². The summed E-state index contributed by atoms with van der Waals surface area (Å²) in [7, 11) is -4.03. The molecule has 10 heteroatoms. The fourth-order valence-corrected chi connectivity index (χ4v) is 8.96. The van der Waals surface area contributed by atoms with Crippen molar-refractivity contribution in [3.05, 3.63) is 136 Å². The van der Waals surface area contributed by atoms with E-state index in [4.69, 9.17) is 14.2 Å². The van der Waals surface area contributed by atoms with E-state index in [1.165, 1.54) is 34.5 Å². The number of benzene rings is 3. The first-order valence-corrected chi connectivity index (χ1v) is 22.2. The highest BCUT2D eigenvalue weighted by Crippen LogP contribution is 2.48. The molecule has 0 spiro atoms. The molecule has 3 aliphatic rings. The minimum absolute atomic E-state index is 0.214. The maximum absolute atomic E-state index is 11.5. The highest BCUT2D eigenvalue weighted by Gasteiger charge is 2.44. The van der Waals surface area contributed by atoms with Crippen molar-refractivity contribution < 1.29 is 36.6 Å². The molecule has 0 bridgehead atoms. The number of ether oxygens (including phenoxy) is 3. The topological polar surface area (TPSA) is 105 Å². The van der Waals surface area contributed by atoms with Gasteiger partial charge in [0.25, 0.3) is 16.6 Å². The van der Waals surface area contributed by atoms with Gasteiger partial charge in [0.1, 0.15) is 12.3 Å². The van der Waals surface area contributed by atoms with Crippen molar-refractivity contribution in [2.24, 2.45) is 0 Å². The molecule has 0 radical (unpaired) electrons. The average Bonchev–Trinajstić information content (AvgIpc) is 3.53. The van der Waals surface area contributed by atoms with Gasteiger partial charge in [0.2, 0.25) is 5.69 Å². The lowest BCUT2D eigenvalue weighted by molar-refractivity contribution is -0.438. The fourth-order valence-electron chi connectivity index (χ4n) is 8.39. The predicted molar refractivity (Wildman–Crippen MR) is 232 cm³/mol. The Balaban J connectivity index is 1.41. The van der Waals surface area contributed by atoms with Crippen LogP contribution in [0.15, 0.2) is 114 Å². The Morgan fingerprint density at radius 1 is 0.914 bits per heavy atom. The minimum Gasteiger partial charge on any atom is -0.489 e. The molecule has 0 saturated heterocycles. The molecule has 3 aromatic rings. The number of carbonyl (C=O) groups excluding carboxylic acids is 1. The SMILES string of the molecule is CCCCC[N+]1=C(/C=C/C2=C(Oc3ccc(CCOC=O)cc3)C(=C/C=C3/N(CCCCS(=O)(=O)O)c4ccc(C)cc4C3(C)C)/CCO2)C(C)(C)c2ccccc21. The monoisotopic (exact) mass is 807 g/mol. The van der Waals surface area contributed by atoms with E-state index in [-0.39, 0.29) is 16.6 Å². The van der Waals surface area contributed by atoms with Crippen LogP contribution in [-0.4, -0.2) is 61.8 Å². The van der Waals surface area contributed by atoms with E-state index >= 15 is 0 Å². The summed E-state index contributed by atoms with van der Waals surface area (Å²) in [5, 5.41) is 0. The number of unbranched alkanes of at least 4 members (excludes halogenated alkanes) is 3. The van der Waals surface area contributed by atoms with E-state index in [0.717, 1.165) is 41.9 Å². The van der Waals surface area contributed by atoms with Crippen LogP contribution in [-0.2, 0) is 41.6 Å². The van der Waals surface area contributed by atoms with Crippen LogP contribution < -0.4 is 9.64 Å². The van der Waals surface area contributed by atoms with E-state index in [2.05, 4.69) is 118 Å². The zero-order valence-electron chi connectivity index (χ0n) is 34.9. The summed E-state index contributed by atoms with van der Waals surface area (Å²) >= 11 is 0. The number of para-hydroxylation sites is 1. The summed E-state index contributed by atoms with van der Waals surface area (Å²) < 4.78 is 53.0. The van der Waals surface area contributed by atoms with E-state index in [9.17, 15) is 17.8 Å². The third-order valence-electron chi connectivity index (χ3n) is 11.6. The van der Waals surface area contributed by atoms with Gasteiger partial charge in [-0.3, -0.25) is 9.35 Å². The first-order valence-electron chi connectivity index (χ1n) is 20.6. The first-order chi connectivity index (χ1) is 27.7. The number of carbonyl (C=O) groups is 1. The van der Waals surface area contributed by atoms with Crippen molar-refractivity contribution in [3.8, 4) is 5.75 Å². The number of nitrogens with zero attached hydrogens (tertiary/aromatic N) is 2. The summed E-state index contributed by atoms with van der Waals surface area (Å²) in [5.41, 5.74) is 9.85. The molecule has 0 saturated carbocycles. The van der Waals surface area contributed by atoms with Gasteiger partial charge < -0.3 is 19.1 Å². The van der Waals surface area contributed by atoms with Gasteiger partial charge in [-0.15, -0.1) is 0 Å². The van der Waals surface area contributed by atoms with Crippen LogP contribution in [0.4, 0.5) is 11.4 Å². The van der Waals surface area contributed by atoms with Crippen molar-refractivity contribution in [3.63, 3.8) is 0 Å². The predicted octanol–water partition coefficient (Wildman–Crippen LogP) is 9.82. The number of hydrogen-bond acceptors (Lipinski definition) is 7. The number of hydrogen-bond donors (Lipinski definition) is 1. The van der Waals surface area contributed by atoms with Crippen molar-refractivity contribution in [2.75, 3.05) is 37.0 Å². The zero-order chi connectivity index (χ0) is 41.5. The van der Waals surface area contributed by atoms with Crippen molar-refractivity contribution >= 4 is 33.7 Å². The molecular weight excluding hydrogens is 749 g/mol. The molecule has 0 aromatic heterocycles. The van der Waals surface area contributed by atoms with Gasteiger partial charge in [-0.1, -0.05) is 81.3 Å². The molecule has 1 N–H and O–H groups in total. The Morgan fingerprint density at radius 3 is 2.43 bits per heavy atom. The lowest BCUT2D eigenvalue weighted by Crippen LogP contribution is -2.28. The standard InChI is InChI=1S/C48H58N2O7S/c1-7-8-11-28-49-41-15-10-9-14-39(41)47(3,4)45(49)25-23-43-46(57-38-20-17-36(18-21-38)26-30-55-34-51)37(27-31-56-43)19-24-44-48(5,6)40-33-35(2)16-22-42(40)50(44)29-12-13-32-58(52,53)54/h9-10,14-25,33-34H,7-8,11-13,26-32H2,1-6H3/p+1. The second kappa shape index (κ2) is 18.3. The zero-order valence-corrected chi connectivity index (χ0v) is 35.7. The average molecular weight is 808 g/mol. The van der Waals surface area contributed by atoms with Gasteiger partial charge in [-0.25, -0.2) is 0 Å². The first kappa shape index (κ1) is 42.7. The molecule has 6 rings (SSSR count). The Bertz CT molecular complexity index is 2240. The summed E-state index contributed by atoms with van der Waals surface area (Å²) in [6.07, 6.45) is 14.2. The van der Waals surface area contributed by atoms with Crippen LogP contribution in [0.3, 0.4) is 0 Å². The molecule has 0 unspecified atom stereocenters. The molecular formula is C48H59N2O7S+. The van der Waals surface area contributed by atoms with Gasteiger partial charge in [-0.05, 0) is 81.5 Å². The molecule has 3 aliphatic heterocycles. The smallest absolute Gasteiger partial charge is 0.293 e. The Morgan fingerprint density at radius 2 is 1.69 bits per heavy atom. The maximum atomic E-state index is 11.5. The third-order valence-corrected chi connectivity index (χ3v) is 12.4. The van der Waals surface area contributed by atoms with E-state index in [0.29, 0.717) is 69.2 Å². The number of aryl methyl sites for hydroxylation is 1. The van der Waals surface area contributed by atoms with Crippen LogP contribution in [0.5, 0.6) is 5.75 Å². The largest absolute Gasteiger partial charge is 0.489 e. The van der Waals surface area contributed by atoms with Crippen LogP contribution >= 0.6 is 0 Å². The van der Waals surface area contributed by atoms with E-state index in [1.54, 1.807) is 0 Å². The summed E-state index contributed by atoms with van der Waals surface area (Å²) in [6.45, 7) is 16.2. The summed E-state index contributed by atoms with van der Waals surface area (Å²) in [4.78, 5) is 13.0. The van der Waals surface area contributed by atoms with Crippen molar-refractivity contribution in [1.29, 1.82) is 0 Å². The lowest BCUT2D eigenvalue weighted by Gasteiger charge is -2.27. The molecule has 0 amide bonds. The summed E-state index contributed by atoms with van der Waals surface area (Å²) in [5.74, 6) is 1.70. The van der Waals surface area contributed by atoms with Gasteiger partial charge in [0, 0.05) is 65.9 Å². The van der Waals surface area contributed by atoms with Crippen molar-refractivity contribution in [2.45, 2.75) is 97.3 Å². The molecule has 58 heavy (non-hydrogen) atoms. The Hall–Kier alpha value is -4.93. The third kappa shape index (κ3) is 9.67. The molecule has 0 fully saturated rings. The quantitative estimate of drug-likeness (QED) is 0.0587. The molecule has 3 aromatic carbocycles. The van der Waals surface area contributed by atoms with Gasteiger partial charge in [-0.2, -0.15) is 13.0 Å². The summed E-state index contributed by atoms with van der Waals surface area (Å²) in [6, 6.07) is 23.0.